The third-order valence-electron chi connectivity index (χ3n) is 1.65. The highest BCUT2D eigenvalue weighted by molar-refractivity contribution is 5.85. The van der Waals surface area contributed by atoms with Gasteiger partial charge in [0.1, 0.15) is 0 Å². The normalized spacial score (nSPS) is 15.8. The smallest absolute Gasteiger partial charge is 0.221 e. The van der Waals surface area contributed by atoms with E-state index < -0.39 is 23.7 Å². The van der Waals surface area contributed by atoms with Gasteiger partial charge in [0.2, 0.25) is 11.8 Å². The predicted molar refractivity (Wildman–Crippen MR) is 36.7 cm³/mol. The molecule has 0 aromatic rings. The molecule has 0 fully saturated rings. The summed E-state index contributed by atoms with van der Waals surface area (Å²) in [6, 6.07) is 0. The standard InChI is InChI=1S/C6H12N2O2/c1-3(5(7)9)4(2)6(8)10/h3-4H,1-2H3,(H2,7,9)(H2,8,10)/t3-,4-/m0/s1. The molecule has 4 nitrogen and oxygen atoms in total. The molecule has 10 heavy (non-hydrogen) atoms. The lowest BCUT2D eigenvalue weighted by Crippen LogP contribution is -2.34. The van der Waals surface area contributed by atoms with Crippen molar-refractivity contribution in [2.75, 3.05) is 0 Å². The molecule has 0 aliphatic carbocycles. The monoisotopic (exact) mass is 144 g/mol. The molecular formula is C6H12N2O2. The summed E-state index contributed by atoms with van der Waals surface area (Å²) in [5.41, 5.74) is 9.86. The highest BCUT2D eigenvalue weighted by atomic mass is 16.2. The van der Waals surface area contributed by atoms with Crippen LogP contribution in [0, 0.1) is 11.8 Å². The average molecular weight is 144 g/mol. The molecule has 0 aliphatic rings. The first kappa shape index (κ1) is 8.94. The van der Waals surface area contributed by atoms with E-state index in [0.29, 0.717) is 0 Å². The third kappa shape index (κ3) is 2.05. The highest BCUT2D eigenvalue weighted by Crippen LogP contribution is 2.08. The fourth-order valence-corrected chi connectivity index (χ4v) is 0.493. The van der Waals surface area contributed by atoms with Gasteiger partial charge in [0.15, 0.2) is 0 Å². The molecule has 0 aromatic carbocycles. The van der Waals surface area contributed by atoms with Crippen LogP contribution in [-0.4, -0.2) is 11.8 Å². The second kappa shape index (κ2) is 3.20. The number of nitrogens with two attached hydrogens (primary N) is 2. The van der Waals surface area contributed by atoms with Crippen LogP contribution in [0.4, 0.5) is 0 Å². The maximum absolute atomic E-state index is 10.5. The van der Waals surface area contributed by atoms with E-state index in [9.17, 15) is 9.59 Å². The first-order chi connectivity index (χ1) is 4.46. The van der Waals surface area contributed by atoms with Crippen molar-refractivity contribution in [1.29, 1.82) is 0 Å². The van der Waals surface area contributed by atoms with Crippen LogP contribution in [0.3, 0.4) is 0 Å². The van der Waals surface area contributed by atoms with Crippen LogP contribution in [0.5, 0.6) is 0 Å². The van der Waals surface area contributed by atoms with Crippen LogP contribution in [0.15, 0.2) is 0 Å². The van der Waals surface area contributed by atoms with Crippen molar-refractivity contribution in [2.45, 2.75) is 13.8 Å². The van der Waals surface area contributed by atoms with E-state index in [1.807, 2.05) is 0 Å². The lowest BCUT2D eigenvalue weighted by atomic mass is 9.95. The first-order valence-electron chi connectivity index (χ1n) is 3.05. The van der Waals surface area contributed by atoms with Gasteiger partial charge in [-0.1, -0.05) is 13.8 Å². The minimum Gasteiger partial charge on any atom is -0.369 e. The Hall–Kier alpha value is -1.06. The molecule has 58 valence electrons. The van der Waals surface area contributed by atoms with Crippen LogP contribution in [-0.2, 0) is 9.59 Å². The molecule has 0 rings (SSSR count). The van der Waals surface area contributed by atoms with Gasteiger partial charge in [-0.15, -0.1) is 0 Å². The Morgan fingerprint density at radius 1 is 1.00 bits per heavy atom. The van der Waals surface area contributed by atoms with Gasteiger partial charge in [-0.05, 0) is 0 Å². The van der Waals surface area contributed by atoms with Gasteiger partial charge in [0.25, 0.3) is 0 Å². The van der Waals surface area contributed by atoms with E-state index in [4.69, 9.17) is 11.5 Å². The zero-order chi connectivity index (χ0) is 8.31. The second-order valence-corrected chi connectivity index (χ2v) is 2.38. The van der Waals surface area contributed by atoms with E-state index in [1.54, 1.807) is 13.8 Å². The summed E-state index contributed by atoms with van der Waals surface area (Å²) in [6.07, 6.45) is 0. The van der Waals surface area contributed by atoms with E-state index >= 15 is 0 Å². The van der Waals surface area contributed by atoms with Crippen molar-refractivity contribution in [2.24, 2.45) is 23.3 Å². The van der Waals surface area contributed by atoms with Gasteiger partial charge >= 0.3 is 0 Å². The summed E-state index contributed by atoms with van der Waals surface area (Å²) in [5.74, 6) is -1.94. The zero-order valence-corrected chi connectivity index (χ0v) is 6.13. The molecule has 2 amide bonds. The van der Waals surface area contributed by atoms with Crippen molar-refractivity contribution in [3.63, 3.8) is 0 Å². The summed E-state index contributed by atoms with van der Waals surface area (Å²) in [4.78, 5) is 20.9. The van der Waals surface area contributed by atoms with Crippen molar-refractivity contribution in [3.05, 3.63) is 0 Å². The fraction of sp³-hybridized carbons (Fsp3) is 0.667. The van der Waals surface area contributed by atoms with Gasteiger partial charge in [-0.25, -0.2) is 0 Å². The molecule has 0 bridgehead atoms. The molecule has 2 atom stereocenters. The number of hydrogen-bond donors (Lipinski definition) is 2. The van der Waals surface area contributed by atoms with Crippen LogP contribution in [0.2, 0.25) is 0 Å². The number of amides is 2. The van der Waals surface area contributed by atoms with Gasteiger partial charge < -0.3 is 11.5 Å². The number of carbonyl (C=O) groups excluding carboxylic acids is 2. The fourth-order valence-electron chi connectivity index (χ4n) is 0.493. The molecule has 0 spiro atoms. The second-order valence-electron chi connectivity index (χ2n) is 2.38. The summed E-state index contributed by atoms with van der Waals surface area (Å²) in [5, 5.41) is 0. The SMILES string of the molecule is C[C@H](C(N)=O)[C@H](C)C(N)=O. The van der Waals surface area contributed by atoms with Gasteiger partial charge in [0.05, 0.1) is 0 Å². The minimum atomic E-state index is -0.494. The Morgan fingerprint density at radius 3 is 1.30 bits per heavy atom. The Morgan fingerprint density at radius 2 is 1.20 bits per heavy atom. The largest absolute Gasteiger partial charge is 0.369 e. The molecule has 4 N–H and O–H groups in total. The van der Waals surface area contributed by atoms with Crippen LogP contribution < -0.4 is 11.5 Å². The van der Waals surface area contributed by atoms with Crippen molar-refractivity contribution in [3.8, 4) is 0 Å². The molecule has 4 heteroatoms. The summed E-state index contributed by atoms with van der Waals surface area (Å²) < 4.78 is 0. The van der Waals surface area contributed by atoms with Crippen molar-refractivity contribution < 1.29 is 9.59 Å². The molecule has 0 aliphatic heterocycles. The summed E-state index contributed by atoms with van der Waals surface area (Å²) in [6.45, 7) is 3.16. The Labute approximate surface area is 59.6 Å². The summed E-state index contributed by atoms with van der Waals surface area (Å²) >= 11 is 0. The van der Waals surface area contributed by atoms with E-state index in [-0.39, 0.29) is 0 Å². The van der Waals surface area contributed by atoms with Crippen molar-refractivity contribution in [1.82, 2.24) is 0 Å². The van der Waals surface area contributed by atoms with Crippen LogP contribution in [0.1, 0.15) is 13.8 Å². The molecule has 0 saturated heterocycles. The van der Waals surface area contributed by atoms with Crippen molar-refractivity contribution >= 4 is 11.8 Å². The number of hydrogen-bond acceptors (Lipinski definition) is 2. The average Bonchev–Trinajstić information content (AvgIpc) is 1.84. The highest BCUT2D eigenvalue weighted by Gasteiger charge is 2.21. The molecular weight excluding hydrogens is 132 g/mol. The maximum Gasteiger partial charge on any atom is 0.221 e. The maximum atomic E-state index is 10.5. The van der Waals surface area contributed by atoms with E-state index in [1.165, 1.54) is 0 Å². The predicted octanol–water partition coefficient (Wildman–Crippen LogP) is -0.771. The van der Waals surface area contributed by atoms with Gasteiger partial charge in [0, 0.05) is 11.8 Å². The Balaban J connectivity index is 4.07. The molecule has 0 aromatic heterocycles. The third-order valence-corrected chi connectivity index (χ3v) is 1.65. The number of primary amides is 2. The van der Waals surface area contributed by atoms with Gasteiger partial charge in [-0.3, -0.25) is 9.59 Å². The van der Waals surface area contributed by atoms with E-state index in [2.05, 4.69) is 0 Å². The van der Waals surface area contributed by atoms with Gasteiger partial charge in [-0.2, -0.15) is 0 Å². The molecule has 0 saturated carbocycles. The number of carbonyl (C=O) groups is 2. The number of rotatable bonds is 3. The first-order valence-corrected chi connectivity index (χ1v) is 3.05. The van der Waals surface area contributed by atoms with Crippen LogP contribution in [0.25, 0.3) is 0 Å². The lowest BCUT2D eigenvalue weighted by molar-refractivity contribution is -0.130. The zero-order valence-electron chi connectivity index (χ0n) is 6.13. The van der Waals surface area contributed by atoms with E-state index in [0.717, 1.165) is 0 Å². The Kier molecular flexibility index (Phi) is 2.86. The quantitative estimate of drug-likeness (QED) is 0.545. The molecule has 0 heterocycles. The van der Waals surface area contributed by atoms with Crippen LogP contribution >= 0.6 is 0 Å². The topological polar surface area (TPSA) is 86.2 Å². The lowest BCUT2D eigenvalue weighted by Gasteiger charge is -2.11. The summed E-state index contributed by atoms with van der Waals surface area (Å²) in [7, 11) is 0. The minimum absolute atomic E-state index is 0.475. The molecule has 0 radical (unpaired) electrons. The Bertz CT molecular complexity index is 138. The molecule has 0 unspecified atom stereocenters.